The maximum Gasteiger partial charge on any atom is 0.264 e. The Kier molecular flexibility index (Phi) is 8.30. The van der Waals surface area contributed by atoms with Crippen molar-refractivity contribution in [1.29, 1.82) is 0 Å². The van der Waals surface area contributed by atoms with Crippen LogP contribution in [-0.2, 0) is 0 Å². The summed E-state index contributed by atoms with van der Waals surface area (Å²) < 4.78 is 59.9. The van der Waals surface area contributed by atoms with Crippen molar-refractivity contribution < 1.29 is 22.4 Å². The molecule has 3 aromatic rings. The molecule has 1 fully saturated rings. The predicted molar refractivity (Wildman–Crippen MR) is 152 cm³/mol. The van der Waals surface area contributed by atoms with Gasteiger partial charge in [0.25, 0.3) is 12.3 Å². The number of amides is 1. The van der Waals surface area contributed by atoms with Crippen molar-refractivity contribution >= 4 is 28.8 Å². The Bertz CT molecular complexity index is 1550. The number of likely N-dealkylation sites (N-methyl/N-ethyl adjacent to an activating group) is 1. The lowest BCUT2D eigenvalue weighted by atomic mass is 9.97. The zero-order valence-corrected chi connectivity index (χ0v) is 23.4. The molecule has 4 heterocycles. The van der Waals surface area contributed by atoms with E-state index in [9.17, 15) is 18.4 Å². The van der Waals surface area contributed by atoms with Gasteiger partial charge in [0.05, 0.1) is 16.8 Å². The third kappa shape index (κ3) is 5.73. The molecule has 0 aliphatic carbocycles. The lowest BCUT2D eigenvalue weighted by Gasteiger charge is -2.44. The predicted octanol–water partition coefficient (Wildman–Crippen LogP) is 4.46. The number of rotatable bonds is 6. The van der Waals surface area contributed by atoms with Gasteiger partial charge in [0.1, 0.15) is 11.5 Å². The summed E-state index contributed by atoms with van der Waals surface area (Å²) in [6.45, 7) is 5.42. The number of aromatic amines is 1. The first kappa shape index (κ1) is 29.2. The summed E-state index contributed by atoms with van der Waals surface area (Å²) in [6, 6.07) is 3.52. The van der Waals surface area contributed by atoms with E-state index in [1.807, 2.05) is 20.9 Å². The summed E-state index contributed by atoms with van der Waals surface area (Å²) in [4.78, 5) is 41.4. The molecular formula is C29H31F4N7O2. The van der Waals surface area contributed by atoms with Crippen LogP contribution in [0.2, 0.25) is 0 Å². The number of carbonyl (C=O) groups is 1. The van der Waals surface area contributed by atoms with Crippen LogP contribution >= 0.6 is 0 Å². The molecule has 1 amide bonds. The molecular weight excluding hydrogens is 554 g/mol. The zero-order valence-electron chi connectivity index (χ0n) is 23.4. The number of aromatic nitrogens is 3. The van der Waals surface area contributed by atoms with Crippen molar-refractivity contribution in [3.63, 3.8) is 0 Å². The summed E-state index contributed by atoms with van der Waals surface area (Å²) in [6.07, 6.45) is 3.09. The fraction of sp³-hybridized carbons (Fsp3) is 0.379. The monoisotopic (exact) mass is 585 g/mol. The van der Waals surface area contributed by atoms with Crippen LogP contribution in [0.3, 0.4) is 0 Å². The first-order valence-corrected chi connectivity index (χ1v) is 13.6. The van der Waals surface area contributed by atoms with E-state index in [0.29, 0.717) is 43.6 Å². The summed E-state index contributed by atoms with van der Waals surface area (Å²) in [7, 11) is 1.96. The highest BCUT2D eigenvalue weighted by molar-refractivity contribution is 6.07. The van der Waals surface area contributed by atoms with Crippen LogP contribution in [0.25, 0.3) is 5.57 Å². The fourth-order valence-corrected chi connectivity index (χ4v) is 5.47. The summed E-state index contributed by atoms with van der Waals surface area (Å²) in [5, 5.41) is 2.44. The van der Waals surface area contributed by atoms with Gasteiger partial charge in [-0.2, -0.15) is 0 Å². The number of carbonyl (C=O) groups excluding carboxylic acids is 1. The molecule has 2 aliphatic rings. The number of halogens is 4. The molecule has 42 heavy (non-hydrogen) atoms. The standard InChI is InChI=1S/C29H31F4N7O2/c1-16-13-40(14-17(2)38(16)3)22-11-21(30)24(18-6-4-9-39(15-18)29-34-7-5-8-35-29)25(31)26(22)37-28(42)20-12-36-23(41)10-19(20)27(32)33/h5-8,10-12,16-17,27H,4,9,13-15H2,1-3H3,(H,36,41)(H,37,42). The molecule has 0 radical (unpaired) electrons. The van der Waals surface area contributed by atoms with Crippen molar-refractivity contribution in [2.45, 2.75) is 38.8 Å². The number of alkyl halides is 2. The van der Waals surface area contributed by atoms with Crippen LogP contribution in [0.4, 0.5) is 34.9 Å². The smallest absolute Gasteiger partial charge is 0.264 e. The number of anilines is 3. The highest BCUT2D eigenvalue weighted by atomic mass is 19.3. The van der Waals surface area contributed by atoms with Crippen LogP contribution < -0.4 is 20.7 Å². The number of hydrogen-bond acceptors (Lipinski definition) is 7. The minimum absolute atomic E-state index is 0.0215. The molecule has 0 bridgehead atoms. The lowest BCUT2D eigenvalue weighted by Crippen LogP contribution is -2.55. The summed E-state index contributed by atoms with van der Waals surface area (Å²) in [5.41, 5.74) is -2.36. The highest BCUT2D eigenvalue weighted by Crippen LogP contribution is 2.39. The number of pyridine rings is 1. The molecule has 13 heteroatoms. The topological polar surface area (TPSA) is 97.5 Å². The molecule has 2 atom stereocenters. The largest absolute Gasteiger partial charge is 0.367 e. The number of nitrogens with one attached hydrogen (secondary N) is 2. The quantitative estimate of drug-likeness (QED) is 0.413. The molecule has 2 unspecified atom stereocenters. The van der Waals surface area contributed by atoms with Gasteiger partial charge in [-0.05, 0) is 39.0 Å². The molecule has 2 N–H and O–H groups in total. The molecule has 9 nitrogen and oxygen atoms in total. The first-order valence-electron chi connectivity index (χ1n) is 13.6. The zero-order chi connectivity index (χ0) is 30.1. The first-order chi connectivity index (χ1) is 20.0. The van der Waals surface area contributed by atoms with Gasteiger partial charge >= 0.3 is 0 Å². The Morgan fingerprint density at radius 2 is 1.79 bits per heavy atom. The molecule has 5 rings (SSSR count). The van der Waals surface area contributed by atoms with E-state index in [-0.39, 0.29) is 35.6 Å². The number of benzene rings is 1. The van der Waals surface area contributed by atoms with Gasteiger partial charge in [-0.1, -0.05) is 6.08 Å². The van der Waals surface area contributed by atoms with Crippen molar-refractivity contribution in [3.05, 3.63) is 81.5 Å². The average molecular weight is 586 g/mol. The van der Waals surface area contributed by atoms with Gasteiger partial charge in [-0.25, -0.2) is 27.5 Å². The highest BCUT2D eigenvalue weighted by Gasteiger charge is 2.33. The molecule has 2 aromatic heterocycles. The number of hydrogen-bond donors (Lipinski definition) is 2. The number of nitrogens with zero attached hydrogens (tertiary/aromatic N) is 5. The summed E-state index contributed by atoms with van der Waals surface area (Å²) in [5.74, 6) is -2.50. The van der Waals surface area contributed by atoms with Crippen LogP contribution in [0, 0.1) is 11.6 Å². The van der Waals surface area contributed by atoms with Crippen molar-refractivity contribution in [3.8, 4) is 0 Å². The van der Waals surface area contributed by atoms with Crippen LogP contribution in [-0.4, -0.2) is 71.1 Å². The van der Waals surface area contributed by atoms with Gasteiger partial charge in [-0.3, -0.25) is 14.5 Å². The van der Waals surface area contributed by atoms with Crippen LogP contribution in [0.5, 0.6) is 0 Å². The van der Waals surface area contributed by atoms with E-state index >= 15 is 8.78 Å². The van der Waals surface area contributed by atoms with Gasteiger partial charge < -0.3 is 20.1 Å². The Hall–Kier alpha value is -4.26. The van der Waals surface area contributed by atoms with E-state index in [1.165, 1.54) is 6.07 Å². The third-order valence-electron chi connectivity index (χ3n) is 7.88. The lowest BCUT2D eigenvalue weighted by molar-refractivity contribution is 0.101. The van der Waals surface area contributed by atoms with Gasteiger partial charge in [0.15, 0.2) is 5.82 Å². The van der Waals surface area contributed by atoms with E-state index in [2.05, 4.69) is 25.2 Å². The molecule has 0 spiro atoms. The fourth-order valence-electron chi connectivity index (χ4n) is 5.47. The van der Waals surface area contributed by atoms with Crippen LogP contribution in [0.1, 0.15) is 48.2 Å². The van der Waals surface area contributed by atoms with E-state index in [0.717, 1.165) is 6.20 Å². The molecule has 1 saturated heterocycles. The molecule has 0 saturated carbocycles. The Morgan fingerprint density at radius 1 is 1.10 bits per heavy atom. The van der Waals surface area contributed by atoms with E-state index < -0.39 is 40.7 Å². The molecule has 2 aliphatic heterocycles. The van der Waals surface area contributed by atoms with E-state index in [4.69, 9.17) is 0 Å². The van der Waals surface area contributed by atoms with E-state index in [1.54, 1.807) is 34.3 Å². The minimum Gasteiger partial charge on any atom is -0.367 e. The number of piperazine rings is 1. The minimum atomic E-state index is -3.13. The van der Waals surface area contributed by atoms with Gasteiger partial charge in [0, 0.05) is 74.5 Å². The van der Waals surface area contributed by atoms with Crippen molar-refractivity contribution in [2.75, 3.05) is 48.3 Å². The van der Waals surface area contributed by atoms with Crippen LogP contribution in [0.15, 0.2) is 47.7 Å². The molecule has 1 aromatic carbocycles. The summed E-state index contributed by atoms with van der Waals surface area (Å²) >= 11 is 0. The van der Waals surface area contributed by atoms with Crippen molar-refractivity contribution in [1.82, 2.24) is 19.9 Å². The average Bonchev–Trinajstić information content (AvgIpc) is 2.97. The Labute approximate surface area is 239 Å². The Morgan fingerprint density at radius 3 is 2.45 bits per heavy atom. The second-order valence-corrected chi connectivity index (χ2v) is 10.6. The van der Waals surface area contributed by atoms with Gasteiger partial charge in [0.2, 0.25) is 11.5 Å². The second-order valence-electron chi connectivity index (χ2n) is 10.6. The van der Waals surface area contributed by atoms with Crippen molar-refractivity contribution in [2.24, 2.45) is 0 Å². The SMILES string of the molecule is CC1CN(c2cc(F)c(C3=CCCN(c4ncccn4)C3)c(F)c2NC(=O)c2c[nH]c(=O)cc2C(F)F)CC(C)N1C. The maximum atomic E-state index is 16.5. The number of H-pyrrole nitrogens is 1. The molecule has 222 valence electrons. The Balaban J connectivity index is 1.59. The third-order valence-corrected chi connectivity index (χ3v) is 7.88. The van der Waals surface area contributed by atoms with Gasteiger partial charge in [-0.15, -0.1) is 0 Å². The second kappa shape index (κ2) is 11.9. The maximum absolute atomic E-state index is 16.5. The normalized spacial score (nSPS) is 19.7.